The van der Waals surface area contributed by atoms with E-state index < -0.39 is 41.9 Å². The molecule has 0 aliphatic carbocycles. The van der Waals surface area contributed by atoms with Gasteiger partial charge in [-0.1, -0.05) is 51.1 Å². The first-order chi connectivity index (χ1) is 15.0. The summed E-state index contributed by atoms with van der Waals surface area (Å²) in [6, 6.07) is 7.29. The summed E-state index contributed by atoms with van der Waals surface area (Å²) in [7, 11) is 0. The van der Waals surface area contributed by atoms with Crippen LogP contribution >= 0.6 is 0 Å². The van der Waals surface area contributed by atoms with Gasteiger partial charge in [0.2, 0.25) is 0 Å². The van der Waals surface area contributed by atoms with Gasteiger partial charge in [-0.3, -0.25) is 0 Å². The quantitative estimate of drug-likeness (QED) is 0.348. The monoisotopic (exact) mass is 450 g/mol. The second-order valence-electron chi connectivity index (χ2n) is 9.47. The highest BCUT2D eigenvalue weighted by Crippen LogP contribution is 2.32. The third kappa shape index (κ3) is 6.62. The summed E-state index contributed by atoms with van der Waals surface area (Å²) in [5.74, 6) is -1.11. The van der Waals surface area contributed by atoms with Crippen molar-refractivity contribution in [2.45, 2.75) is 89.3 Å². The van der Waals surface area contributed by atoms with Gasteiger partial charge in [-0.15, -0.1) is 0 Å². The first-order valence-electron chi connectivity index (χ1n) is 11.3. The van der Waals surface area contributed by atoms with Gasteiger partial charge < -0.3 is 30.3 Å². The maximum Gasteiger partial charge on any atom is 0.338 e. The number of carbonyl (C=O) groups is 1. The predicted octanol–water partition coefficient (Wildman–Crippen LogP) is 1.62. The molecule has 6 atom stereocenters. The summed E-state index contributed by atoms with van der Waals surface area (Å²) < 4.78 is 5.50. The fourth-order valence-electron chi connectivity index (χ4n) is 4.01. The Morgan fingerprint density at radius 1 is 1.22 bits per heavy atom. The van der Waals surface area contributed by atoms with Crippen molar-refractivity contribution < 1.29 is 35.1 Å². The maximum atomic E-state index is 12.6. The number of cyclic esters (lactones) is 1. The topological polar surface area (TPSA) is 127 Å². The molecule has 32 heavy (non-hydrogen) atoms. The number of benzene rings is 1. The lowest BCUT2D eigenvalue weighted by Gasteiger charge is -2.34. The number of fused-ring (bicyclic) bond motifs is 2. The summed E-state index contributed by atoms with van der Waals surface area (Å²) in [4.78, 5) is 12.6. The van der Waals surface area contributed by atoms with Crippen molar-refractivity contribution in [3.05, 3.63) is 47.0 Å². The molecule has 7 nitrogen and oxygen atoms in total. The van der Waals surface area contributed by atoms with Crippen LogP contribution in [0.1, 0.15) is 58.1 Å². The zero-order valence-corrected chi connectivity index (χ0v) is 19.4. The number of hydrogen-bond donors (Lipinski definition) is 5. The molecule has 1 aromatic carbocycles. The molecule has 1 heterocycles. The molecule has 0 spiro atoms. The van der Waals surface area contributed by atoms with Crippen LogP contribution in [0.5, 0.6) is 0 Å². The maximum absolute atomic E-state index is 12.6. The average Bonchev–Trinajstić information content (AvgIpc) is 2.75. The number of ether oxygens (including phenoxy) is 1. The Kier molecular flexibility index (Phi) is 9.42. The van der Waals surface area contributed by atoms with Crippen LogP contribution in [0.2, 0.25) is 0 Å². The summed E-state index contributed by atoms with van der Waals surface area (Å²) in [6.45, 7) is 7.36. The highest BCUT2D eigenvalue weighted by molar-refractivity contribution is 5.75. The number of carbonyl (C=O) groups excluding carboxylic acids is 1. The molecule has 5 N–H and O–H groups in total. The van der Waals surface area contributed by atoms with Crippen LogP contribution in [-0.2, 0) is 21.4 Å². The van der Waals surface area contributed by atoms with Crippen LogP contribution in [0.25, 0.3) is 0 Å². The Morgan fingerprint density at radius 2 is 1.91 bits per heavy atom. The molecule has 0 aromatic heterocycles. The minimum atomic E-state index is -1.74. The number of aliphatic hydroxyl groups is 5. The SMILES string of the molecule is CC[C@H](/C=C(/C)C1C[C@@H](O)C[C@H](O)C(C)(C)c2cccc(c2)C[C@@H](O)[C@H](O)C(=O)O1)CO. The largest absolute Gasteiger partial charge is 0.456 e. The Balaban J connectivity index is 2.42. The van der Waals surface area contributed by atoms with Crippen molar-refractivity contribution in [2.75, 3.05) is 6.61 Å². The van der Waals surface area contributed by atoms with Crippen LogP contribution in [0.3, 0.4) is 0 Å². The predicted molar refractivity (Wildman–Crippen MR) is 121 cm³/mol. The van der Waals surface area contributed by atoms with E-state index in [0.717, 1.165) is 5.56 Å². The van der Waals surface area contributed by atoms with Crippen molar-refractivity contribution in [1.29, 1.82) is 0 Å². The Hall–Kier alpha value is -1.77. The van der Waals surface area contributed by atoms with E-state index in [-0.39, 0.29) is 31.8 Å². The fraction of sp³-hybridized carbons (Fsp3) is 0.640. The van der Waals surface area contributed by atoms with Crippen molar-refractivity contribution >= 4 is 5.97 Å². The smallest absolute Gasteiger partial charge is 0.338 e. The Morgan fingerprint density at radius 3 is 2.53 bits per heavy atom. The number of aliphatic hydroxyl groups excluding tert-OH is 5. The molecule has 1 aliphatic heterocycles. The highest BCUT2D eigenvalue weighted by atomic mass is 16.6. The number of rotatable bonds is 4. The van der Waals surface area contributed by atoms with Gasteiger partial charge in [0.1, 0.15) is 6.10 Å². The lowest BCUT2D eigenvalue weighted by atomic mass is 9.76. The van der Waals surface area contributed by atoms with Crippen molar-refractivity contribution in [3.63, 3.8) is 0 Å². The molecule has 7 heteroatoms. The van der Waals surface area contributed by atoms with Crippen LogP contribution in [0, 0.1) is 5.92 Å². The molecule has 2 bridgehead atoms. The van der Waals surface area contributed by atoms with Gasteiger partial charge in [-0.05, 0) is 30.0 Å². The summed E-state index contributed by atoms with van der Waals surface area (Å²) >= 11 is 0. The molecule has 180 valence electrons. The van der Waals surface area contributed by atoms with Crippen molar-refractivity contribution in [3.8, 4) is 0 Å². The molecular weight excluding hydrogens is 412 g/mol. The van der Waals surface area contributed by atoms with E-state index >= 15 is 0 Å². The Bertz CT molecular complexity index is 784. The number of hydrogen-bond acceptors (Lipinski definition) is 7. The molecule has 0 saturated heterocycles. The van der Waals surface area contributed by atoms with Gasteiger partial charge in [0.15, 0.2) is 6.10 Å². The fourth-order valence-corrected chi connectivity index (χ4v) is 4.01. The van der Waals surface area contributed by atoms with Crippen LogP contribution in [-0.4, -0.2) is 68.6 Å². The second kappa shape index (κ2) is 11.4. The molecule has 2 rings (SSSR count). The molecule has 1 unspecified atom stereocenters. The zero-order chi connectivity index (χ0) is 24.1. The van der Waals surface area contributed by atoms with E-state index in [4.69, 9.17) is 4.74 Å². The average molecular weight is 451 g/mol. The van der Waals surface area contributed by atoms with E-state index in [1.54, 1.807) is 25.1 Å². The van der Waals surface area contributed by atoms with Gasteiger partial charge >= 0.3 is 5.97 Å². The third-order valence-corrected chi connectivity index (χ3v) is 6.56. The first-order valence-corrected chi connectivity index (χ1v) is 11.3. The van der Waals surface area contributed by atoms with Gasteiger partial charge in [0, 0.05) is 37.2 Å². The molecule has 1 aromatic rings. The minimum Gasteiger partial charge on any atom is -0.456 e. The molecule has 0 fully saturated rings. The Labute approximate surface area is 190 Å². The van der Waals surface area contributed by atoms with Crippen LogP contribution in [0.15, 0.2) is 35.9 Å². The van der Waals surface area contributed by atoms with Crippen molar-refractivity contribution in [1.82, 2.24) is 0 Å². The summed E-state index contributed by atoms with van der Waals surface area (Å²) in [6.07, 6.45) is -3.22. The molecule has 0 amide bonds. The first kappa shape index (κ1) is 26.5. The number of esters is 1. The molecular formula is C25H38O7. The lowest BCUT2D eigenvalue weighted by molar-refractivity contribution is -0.164. The van der Waals surface area contributed by atoms with Gasteiger partial charge in [0.05, 0.1) is 18.3 Å². The summed E-state index contributed by atoms with van der Waals surface area (Å²) in [5.41, 5.74) is 1.50. The third-order valence-electron chi connectivity index (χ3n) is 6.56. The normalized spacial score (nSPS) is 30.8. The molecule has 0 saturated carbocycles. The van der Waals surface area contributed by atoms with Gasteiger partial charge in [-0.25, -0.2) is 4.79 Å². The van der Waals surface area contributed by atoms with Crippen molar-refractivity contribution in [2.24, 2.45) is 5.92 Å². The van der Waals surface area contributed by atoms with Crippen LogP contribution in [0.4, 0.5) is 0 Å². The van der Waals surface area contributed by atoms with E-state index in [9.17, 15) is 30.3 Å². The zero-order valence-electron chi connectivity index (χ0n) is 19.4. The van der Waals surface area contributed by atoms with E-state index in [1.807, 2.05) is 32.9 Å². The standard InChI is InChI=1S/C25H38O7/c1-5-16(14-26)9-15(2)21-12-19(27)13-22(29)25(3,4)18-8-6-7-17(10-18)11-20(28)23(30)24(31)32-21/h6-10,16,19-23,26-30H,5,11-14H2,1-4H3/b15-9-/t16-,19-,20-,21?,22+,23+/m1/s1. The van der Waals surface area contributed by atoms with Gasteiger partial charge in [-0.2, -0.15) is 0 Å². The van der Waals surface area contributed by atoms with E-state index in [2.05, 4.69) is 0 Å². The highest BCUT2D eigenvalue weighted by Gasteiger charge is 2.35. The van der Waals surface area contributed by atoms with Crippen LogP contribution < -0.4 is 0 Å². The summed E-state index contributed by atoms with van der Waals surface area (Å²) in [5, 5.41) is 52.0. The van der Waals surface area contributed by atoms with E-state index in [0.29, 0.717) is 17.6 Å². The second-order valence-corrected chi connectivity index (χ2v) is 9.47. The lowest BCUT2D eigenvalue weighted by Crippen LogP contribution is -2.41. The minimum absolute atomic E-state index is 0.0198. The van der Waals surface area contributed by atoms with E-state index in [1.165, 1.54) is 0 Å². The molecule has 1 aliphatic rings. The molecule has 0 radical (unpaired) electrons. The van der Waals surface area contributed by atoms with Gasteiger partial charge in [0.25, 0.3) is 0 Å².